The number of benzene rings is 1. The summed E-state index contributed by atoms with van der Waals surface area (Å²) in [7, 11) is 0. The van der Waals surface area contributed by atoms with Crippen molar-refractivity contribution >= 4 is 21.7 Å². The predicted molar refractivity (Wildman–Crippen MR) is 93.2 cm³/mol. The lowest BCUT2D eigenvalue weighted by Gasteiger charge is -2.35. The van der Waals surface area contributed by atoms with E-state index in [1.807, 2.05) is 0 Å². The molecule has 4 nitrogen and oxygen atoms in total. The molecule has 1 aromatic carbocycles. The largest absolute Gasteiger partial charge is 0.459 e. The summed E-state index contributed by atoms with van der Waals surface area (Å²) >= 11 is 3.14. The highest BCUT2D eigenvalue weighted by molar-refractivity contribution is 9.10. The number of ether oxygens (including phenoxy) is 2. The van der Waals surface area contributed by atoms with Gasteiger partial charge in [0.05, 0.1) is 23.6 Å². The van der Waals surface area contributed by atoms with E-state index in [0.29, 0.717) is 36.2 Å². The molecule has 150 valence electrons. The first kappa shape index (κ1) is 18.1. The fourth-order valence-electron chi connectivity index (χ4n) is 3.75. The van der Waals surface area contributed by atoms with Gasteiger partial charge >= 0.3 is 6.18 Å². The molecule has 1 saturated heterocycles. The molecule has 1 aliphatic heterocycles. The molecule has 0 saturated carbocycles. The Kier molecular flexibility index (Phi) is 4.42. The standard InChI is InChI=1S/C18H14BrF5N2O2/c19-13-2-1-12-11(15(13)21)3-4-17(12)7-27-9-26(17)16-14(28-8-20)5-10(6-25-16)18(22,23)24/h1-2,5-6H,3-4,7-9H2/i9D/t9-,17?/m0/s1. The van der Waals surface area contributed by atoms with Gasteiger partial charge in [-0.2, -0.15) is 13.2 Å². The summed E-state index contributed by atoms with van der Waals surface area (Å²) in [6.45, 7) is -2.70. The summed E-state index contributed by atoms with van der Waals surface area (Å²) in [5.74, 6) is -1.06. The molecule has 2 aliphatic rings. The normalized spacial score (nSPS) is 24.6. The van der Waals surface area contributed by atoms with Crippen LogP contribution in [-0.4, -0.2) is 25.2 Å². The monoisotopic (exact) mass is 465 g/mol. The minimum Gasteiger partial charge on any atom is -0.459 e. The van der Waals surface area contributed by atoms with Crippen molar-refractivity contribution in [2.45, 2.75) is 24.6 Å². The molecule has 2 heterocycles. The molecule has 1 aliphatic carbocycles. The van der Waals surface area contributed by atoms with Gasteiger partial charge in [0.25, 0.3) is 0 Å². The Morgan fingerprint density at radius 3 is 2.89 bits per heavy atom. The topological polar surface area (TPSA) is 34.6 Å². The quantitative estimate of drug-likeness (QED) is 0.601. The van der Waals surface area contributed by atoms with Crippen molar-refractivity contribution in [3.05, 3.63) is 51.4 Å². The molecule has 10 heteroatoms. The number of halogens is 6. The highest BCUT2D eigenvalue weighted by Gasteiger charge is 2.50. The van der Waals surface area contributed by atoms with Crippen LogP contribution in [0.5, 0.6) is 5.75 Å². The van der Waals surface area contributed by atoms with E-state index >= 15 is 0 Å². The molecule has 28 heavy (non-hydrogen) atoms. The third-order valence-corrected chi connectivity index (χ3v) is 5.66. The molecule has 0 amide bonds. The van der Waals surface area contributed by atoms with Gasteiger partial charge in [-0.15, -0.1) is 0 Å². The molecule has 0 bridgehead atoms. The van der Waals surface area contributed by atoms with Crippen LogP contribution in [0, 0.1) is 5.82 Å². The number of aromatic nitrogens is 1. The predicted octanol–water partition coefficient (Wildman–Crippen LogP) is 4.94. The van der Waals surface area contributed by atoms with Crippen LogP contribution < -0.4 is 9.64 Å². The van der Waals surface area contributed by atoms with Crippen molar-refractivity contribution in [2.75, 3.05) is 25.1 Å². The van der Waals surface area contributed by atoms with Gasteiger partial charge in [0, 0.05) is 6.20 Å². The first-order chi connectivity index (χ1) is 13.7. The van der Waals surface area contributed by atoms with Crippen LogP contribution in [-0.2, 0) is 22.9 Å². The zero-order chi connectivity index (χ0) is 21.0. The van der Waals surface area contributed by atoms with Crippen LogP contribution >= 0.6 is 15.9 Å². The fraction of sp³-hybridized carbons (Fsp3) is 0.389. The number of hydrogen-bond acceptors (Lipinski definition) is 4. The maximum absolute atomic E-state index is 14.6. The SMILES string of the molecule is [2H][C@@H]1OCC2(CCc3c2ccc(Br)c3F)N1c1ncc(C(F)(F)F)cc1OCF. The molecule has 1 unspecified atom stereocenters. The van der Waals surface area contributed by atoms with Gasteiger partial charge in [-0.3, -0.25) is 0 Å². The molecule has 4 rings (SSSR count). The Bertz CT molecular complexity index is 961. The highest BCUT2D eigenvalue weighted by Crippen LogP contribution is 2.50. The minimum atomic E-state index is -4.70. The third kappa shape index (κ3) is 2.93. The van der Waals surface area contributed by atoms with Gasteiger partial charge in [-0.1, -0.05) is 6.07 Å². The summed E-state index contributed by atoms with van der Waals surface area (Å²) in [5.41, 5.74) is -1.14. The Labute approximate surface area is 166 Å². The van der Waals surface area contributed by atoms with Crippen molar-refractivity contribution in [1.29, 1.82) is 0 Å². The number of pyridine rings is 1. The second-order valence-electron chi connectivity index (χ2n) is 6.50. The summed E-state index contributed by atoms with van der Waals surface area (Å²) in [6, 6.07) is 3.85. The molecular weight excluding hydrogens is 451 g/mol. The van der Waals surface area contributed by atoms with Gasteiger partial charge in [0.1, 0.15) is 12.5 Å². The van der Waals surface area contributed by atoms with Gasteiger partial charge in [-0.05, 0) is 52.0 Å². The Balaban J connectivity index is 1.86. The van der Waals surface area contributed by atoms with E-state index in [2.05, 4.69) is 20.9 Å². The molecule has 2 atom stereocenters. The van der Waals surface area contributed by atoms with Crippen LogP contribution in [0.1, 0.15) is 24.5 Å². The summed E-state index contributed by atoms with van der Waals surface area (Å²) in [6.07, 6.45) is -3.41. The number of anilines is 1. The summed E-state index contributed by atoms with van der Waals surface area (Å²) < 4.78 is 85.4. The van der Waals surface area contributed by atoms with Crippen molar-refractivity contribution in [1.82, 2.24) is 4.98 Å². The first-order valence-corrected chi connectivity index (χ1v) is 9.05. The van der Waals surface area contributed by atoms with Crippen LogP contribution in [0.25, 0.3) is 0 Å². The number of fused-ring (bicyclic) bond motifs is 2. The molecule has 1 spiro atoms. The average Bonchev–Trinajstić information content (AvgIpc) is 3.19. The molecule has 1 aromatic heterocycles. The number of nitrogens with zero attached hydrogens (tertiary/aromatic N) is 2. The maximum atomic E-state index is 14.6. The minimum absolute atomic E-state index is 0.00695. The lowest BCUT2D eigenvalue weighted by molar-refractivity contribution is -0.138. The van der Waals surface area contributed by atoms with Crippen molar-refractivity contribution in [3.63, 3.8) is 0 Å². The van der Waals surface area contributed by atoms with E-state index in [0.717, 1.165) is 0 Å². The number of hydrogen-bond donors (Lipinski definition) is 0. The van der Waals surface area contributed by atoms with Crippen molar-refractivity contribution < 1.29 is 32.8 Å². The molecule has 0 radical (unpaired) electrons. The van der Waals surface area contributed by atoms with E-state index in [1.165, 1.54) is 11.0 Å². The van der Waals surface area contributed by atoms with Gasteiger partial charge < -0.3 is 14.4 Å². The summed E-state index contributed by atoms with van der Waals surface area (Å²) in [5, 5.41) is 0. The van der Waals surface area contributed by atoms with Crippen molar-refractivity contribution in [3.8, 4) is 5.75 Å². The smallest absolute Gasteiger partial charge is 0.418 e. The van der Waals surface area contributed by atoms with Crippen LogP contribution in [0.2, 0.25) is 0 Å². The lowest BCUT2D eigenvalue weighted by Crippen LogP contribution is -2.42. The van der Waals surface area contributed by atoms with Crippen LogP contribution in [0.4, 0.5) is 27.8 Å². The van der Waals surface area contributed by atoms with E-state index in [9.17, 15) is 22.0 Å². The van der Waals surface area contributed by atoms with E-state index in [-0.39, 0.29) is 16.9 Å². The third-order valence-electron chi connectivity index (χ3n) is 5.05. The van der Waals surface area contributed by atoms with Gasteiger partial charge in [0.15, 0.2) is 11.6 Å². The van der Waals surface area contributed by atoms with E-state index in [4.69, 9.17) is 10.8 Å². The highest BCUT2D eigenvalue weighted by atomic mass is 79.9. The van der Waals surface area contributed by atoms with E-state index < -0.39 is 42.4 Å². The maximum Gasteiger partial charge on any atom is 0.418 e. The zero-order valence-electron chi connectivity index (χ0n) is 15.2. The summed E-state index contributed by atoms with van der Waals surface area (Å²) in [4.78, 5) is 5.17. The zero-order valence-corrected chi connectivity index (χ0v) is 15.8. The lowest BCUT2D eigenvalue weighted by atomic mass is 9.91. The number of rotatable bonds is 3. The molecule has 1 fully saturated rings. The molecule has 0 N–H and O–H groups in total. The second-order valence-corrected chi connectivity index (χ2v) is 7.36. The molecular formula is C18H14BrF5N2O2. The first-order valence-electron chi connectivity index (χ1n) is 8.83. The Morgan fingerprint density at radius 1 is 1.39 bits per heavy atom. The average molecular weight is 466 g/mol. The molecule has 2 aromatic rings. The van der Waals surface area contributed by atoms with E-state index in [1.54, 1.807) is 6.07 Å². The Hall–Kier alpha value is -1.94. The van der Waals surface area contributed by atoms with Crippen molar-refractivity contribution in [2.24, 2.45) is 0 Å². The van der Waals surface area contributed by atoms with Crippen LogP contribution in [0.3, 0.4) is 0 Å². The van der Waals surface area contributed by atoms with Crippen LogP contribution in [0.15, 0.2) is 28.9 Å². The van der Waals surface area contributed by atoms with Gasteiger partial charge in [0.2, 0.25) is 6.86 Å². The second kappa shape index (κ2) is 6.84. The fourth-order valence-corrected chi connectivity index (χ4v) is 4.12. The Morgan fingerprint density at radius 2 is 2.18 bits per heavy atom. The number of alkyl halides is 4. The van der Waals surface area contributed by atoms with Gasteiger partial charge in [-0.25, -0.2) is 13.8 Å².